The van der Waals surface area contributed by atoms with Gasteiger partial charge in [-0.15, -0.1) is 0 Å². The Hall–Kier alpha value is -1.21. The Morgan fingerprint density at radius 1 is 1.08 bits per heavy atom. The Balaban J connectivity index is 1.30. The molecular formula is C17H26N4O2S. The number of aromatic nitrogens is 2. The number of hydrogen-bond donors (Lipinski definition) is 0. The van der Waals surface area contributed by atoms with E-state index in [1.165, 1.54) is 0 Å². The van der Waals surface area contributed by atoms with Crippen molar-refractivity contribution >= 4 is 15.7 Å². The maximum absolute atomic E-state index is 11.6. The van der Waals surface area contributed by atoms with Gasteiger partial charge in [-0.3, -0.25) is 0 Å². The summed E-state index contributed by atoms with van der Waals surface area (Å²) in [5, 5.41) is 0. The summed E-state index contributed by atoms with van der Waals surface area (Å²) in [5.41, 5.74) is 1.02. The number of hydrogen-bond acceptors (Lipinski definition) is 6. The SMILES string of the molecule is Cc1cc(N2CC3CN(CC4CCS(=O)(=O)CC4)CC3C2)ncn1. The number of aryl methyl sites for hydroxylation is 1. The van der Waals surface area contributed by atoms with Gasteiger partial charge < -0.3 is 9.80 Å². The van der Waals surface area contributed by atoms with Gasteiger partial charge >= 0.3 is 0 Å². The van der Waals surface area contributed by atoms with Gasteiger partial charge in [0.25, 0.3) is 0 Å². The molecule has 0 N–H and O–H groups in total. The van der Waals surface area contributed by atoms with Crippen LogP contribution in [0.1, 0.15) is 18.5 Å². The standard InChI is InChI=1S/C17H26N4O2S/c1-13-6-17(19-12-18-13)21-10-15-8-20(9-16(15)11-21)7-14-2-4-24(22,23)5-3-14/h6,12,14-16H,2-5,7-11H2,1H3. The van der Waals surface area contributed by atoms with E-state index in [0.717, 1.165) is 57.1 Å². The maximum Gasteiger partial charge on any atom is 0.150 e. The third-order valence-corrected chi connectivity index (χ3v) is 7.58. The van der Waals surface area contributed by atoms with Gasteiger partial charge in [0, 0.05) is 44.5 Å². The van der Waals surface area contributed by atoms with Crippen LogP contribution in [0.25, 0.3) is 0 Å². The van der Waals surface area contributed by atoms with Crippen LogP contribution in [0.5, 0.6) is 0 Å². The highest BCUT2D eigenvalue weighted by atomic mass is 32.2. The van der Waals surface area contributed by atoms with Crippen LogP contribution in [0.4, 0.5) is 5.82 Å². The van der Waals surface area contributed by atoms with Gasteiger partial charge in [0.1, 0.15) is 22.0 Å². The lowest BCUT2D eigenvalue weighted by Gasteiger charge is -2.28. The fourth-order valence-electron chi connectivity index (χ4n) is 4.53. The third-order valence-electron chi connectivity index (χ3n) is 5.87. The predicted molar refractivity (Wildman–Crippen MR) is 93.8 cm³/mol. The molecule has 132 valence electrons. The van der Waals surface area contributed by atoms with Gasteiger partial charge in [-0.25, -0.2) is 18.4 Å². The van der Waals surface area contributed by atoms with E-state index in [2.05, 4.69) is 25.8 Å². The minimum atomic E-state index is -2.74. The summed E-state index contributed by atoms with van der Waals surface area (Å²) in [5.74, 6) is 3.83. The molecule has 24 heavy (non-hydrogen) atoms. The minimum absolute atomic E-state index is 0.388. The molecule has 3 aliphatic heterocycles. The molecular weight excluding hydrogens is 324 g/mol. The van der Waals surface area contributed by atoms with Crippen LogP contribution < -0.4 is 4.90 Å². The lowest BCUT2D eigenvalue weighted by atomic mass is 10.0. The van der Waals surface area contributed by atoms with Crippen molar-refractivity contribution in [3.05, 3.63) is 18.1 Å². The van der Waals surface area contributed by atoms with Crippen molar-refractivity contribution in [2.24, 2.45) is 17.8 Å². The summed E-state index contributed by atoms with van der Waals surface area (Å²) in [6.07, 6.45) is 3.35. The summed E-state index contributed by atoms with van der Waals surface area (Å²) < 4.78 is 23.1. The average molecular weight is 350 g/mol. The number of rotatable bonds is 3. The molecule has 7 heteroatoms. The van der Waals surface area contributed by atoms with Crippen molar-refractivity contribution in [1.82, 2.24) is 14.9 Å². The number of fused-ring (bicyclic) bond motifs is 1. The van der Waals surface area contributed by atoms with Gasteiger partial charge in [-0.1, -0.05) is 0 Å². The molecule has 0 saturated carbocycles. The smallest absolute Gasteiger partial charge is 0.150 e. The molecule has 0 aromatic carbocycles. The molecule has 2 unspecified atom stereocenters. The Morgan fingerprint density at radius 2 is 1.75 bits per heavy atom. The van der Waals surface area contributed by atoms with Crippen molar-refractivity contribution in [3.8, 4) is 0 Å². The summed E-state index contributed by atoms with van der Waals surface area (Å²) in [7, 11) is -2.74. The molecule has 1 aromatic heterocycles. The van der Waals surface area contributed by atoms with Gasteiger partial charge in [0.2, 0.25) is 0 Å². The lowest BCUT2D eigenvalue weighted by Crippen LogP contribution is -2.35. The quantitative estimate of drug-likeness (QED) is 0.810. The zero-order valence-electron chi connectivity index (χ0n) is 14.3. The van der Waals surface area contributed by atoms with E-state index >= 15 is 0 Å². The second-order valence-electron chi connectivity index (χ2n) is 7.76. The summed E-state index contributed by atoms with van der Waals surface area (Å²) in [6.45, 7) is 7.54. The molecule has 3 fully saturated rings. The van der Waals surface area contributed by atoms with Crippen LogP contribution in [-0.4, -0.2) is 67.5 Å². The third kappa shape index (κ3) is 3.42. The highest BCUT2D eigenvalue weighted by Crippen LogP contribution is 2.34. The van der Waals surface area contributed by atoms with Crippen LogP contribution in [-0.2, 0) is 9.84 Å². The van der Waals surface area contributed by atoms with E-state index in [1.807, 2.05) is 6.92 Å². The first-order chi connectivity index (χ1) is 11.5. The normalized spacial score (nSPS) is 30.6. The summed E-state index contributed by atoms with van der Waals surface area (Å²) >= 11 is 0. The molecule has 0 radical (unpaired) electrons. The van der Waals surface area contributed by atoms with E-state index in [4.69, 9.17) is 0 Å². The molecule has 0 bridgehead atoms. The number of anilines is 1. The molecule has 2 atom stereocenters. The van der Waals surface area contributed by atoms with Crippen molar-refractivity contribution in [2.45, 2.75) is 19.8 Å². The van der Waals surface area contributed by atoms with E-state index in [-0.39, 0.29) is 0 Å². The molecule has 4 rings (SSSR count). The van der Waals surface area contributed by atoms with Crippen LogP contribution in [0.3, 0.4) is 0 Å². The van der Waals surface area contributed by atoms with Crippen LogP contribution in [0.2, 0.25) is 0 Å². The highest BCUT2D eigenvalue weighted by molar-refractivity contribution is 7.91. The van der Waals surface area contributed by atoms with E-state index < -0.39 is 9.84 Å². The van der Waals surface area contributed by atoms with Crippen molar-refractivity contribution in [2.75, 3.05) is 49.1 Å². The van der Waals surface area contributed by atoms with Gasteiger partial charge in [0.05, 0.1) is 11.5 Å². The molecule has 0 spiro atoms. The largest absolute Gasteiger partial charge is 0.356 e. The molecule has 3 saturated heterocycles. The zero-order chi connectivity index (χ0) is 16.7. The lowest BCUT2D eigenvalue weighted by molar-refractivity contribution is 0.252. The van der Waals surface area contributed by atoms with Gasteiger partial charge in [0.15, 0.2) is 0 Å². The summed E-state index contributed by atoms with van der Waals surface area (Å²) in [4.78, 5) is 13.6. The monoisotopic (exact) mass is 350 g/mol. The molecule has 6 nitrogen and oxygen atoms in total. The minimum Gasteiger partial charge on any atom is -0.356 e. The van der Waals surface area contributed by atoms with E-state index in [0.29, 0.717) is 29.3 Å². The molecule has 0 aliphatic carbocycles. The Kier molecular flexibility index (Phi) is 4.24. The van der Waals surface area contributed by atoms with Crippen molar-refractivity contribution < 1.29 is 8.42 Å². The van der Waals surface area contributed by atoms with Crippen LogP contribution in [0.15, 0.2) is 12.4 Å². The number of nitrogens with zero attached hydrogens (tertiary/aromatic N) is 4. The maximum atomic E-state index is 11.6. The first-order valence-electron chi connectivity index (χ1n) is 8.95. The number of sulfone groups is 1. The Morgan fingerprint density at radius 3 is 2.38 bits per heavy atom. The van der Waals surface area contributed by atoms with Crippen LogP contribution >= 0.6 is 0 Å². The molecule has 3 aliphatic rings. The fourth-order valence-corrected chi connectivity index (χ4v) is 6.12. The Labute approximate surface area is 144 Å². The summed E-state index contributed by atoms with van der Waals surface area (Å²) in [6, 6.07) is 2.07. The van der Waals surface area contributed by atoms with Crippen molar-refractivity contribution in [1.29, 1.82) is 0 Å². The van der Waals surface area contributed by atoms with Gasteiger partial charge in [-0.2, -0.15) is 0 Å². The number of likely N-dealkylation sites (tertiary alicyclic amines) is 1. The second kappa shape index (κ2) is 6.26. The second-order valence-corrected chi connectivity index (χ2v) is 10.1. The van der Waals surface area contributed by atoms with E-state index in [9.17, 15) is 8.42 Å². The Bertz CT molecular complexity index is 680. The fraction of sp³-hybridized carbons (Fsp3) is 0.765. The van der Waals surface area contributed by atoms with Crippen LogP contribution in [0, 0.1) is 24.7 Å². The van der Waals surface area contributed by atoms with E-state index in [1.54, 1.807) is 6.33 Å². The molecule has 1 aromatic rings. The zero-order valence-corrected chi connectivity index (χ0v) is 15.1. The molecule has 0 amide bonds. The van der Waals surface area contributed by atoms with Crippen molar-refractivity contribution in [3.63, 3.8) is 0 Å². The topological polar surface area (TPSA) is 66.4 Å². The highest BCUT2D eigenvalue weighted by Gasteiger charge is 2.41. The predicted octanol–water partition coefficient (Wildman–Crippen LogP) is 0.978. The first-order valence-corrected chi connectivity index (χ1v) is 10.8. The molecule has 4 heterocycles. The van der Waals surface area contributed by atoms with Gasteiger partial charge in [-0.05, 0) is 37.5 Å². The average Bonchev–Trinajstić information content (AvgIpc) is 3.08. The first kappa shape index (κ1) is 16.3.